The Morgan fingerprint density at radius 2 is 1.95 bits per heavy atom. The average molecular weight is 336 g/mol. The molecule has 0 unspecified atom stereocenters. The maximum absolute atomic E-state index is 6.48. The summed E-state index contributed by atoms with van der Waals surface area (Å²) >= 11 is 10.1. The van der Waals surface area contributed by atoms with Crippen molar-refractivity contribution in [3.63, 3.8) is 0 Å². The minimum absolute atomic E-state index is 0.150. The highest BCUT2D eigenvalue weighted by molar-refractivity contribution is 7.19. The first-order valence-corrected chi connectivity index (χ1v) is 9.06. The molecule has 0 aliphatic carbocycles. The molecule has 3 rings (SSSR count). The molecule has 0 amide bonds. The van der Waals surface area contributed by atoms with Gasteiger partial charge in [0.25, 0.3) is 0 Å². The molecule has 0 spiro atoms. The van der Waals surface area contributed by atoms with E-state index in [2.05, 4.69) is 54.9 Å². The van der Waals surface area contributed by atoms with Crippen molar-refractivity contribution >= 4 is 44.4 Å². The predicted molar refractivity (Wildman–Crippen MR) is 95.9 cm³/mol. The number of hydrogen-bond donors (Lipinski definition) is 1. The van der Waals surface area contributed by atoms with E-state index in [0.717, 1.165) is 18.1 Å². The number of rotatable bonds is 5. The maximum Gasteiger partial charge on any atom is 0.0636 e. The Kier molecular flexibility index (Phi) is 4.36. The van der Waals surface area contributed by atoms with Crippen LogP contribution in [0.5, 0.6) is 0 Å². The smallest absolute Gasteiger partial charge is 0.0636 e. The number of benzene rings is 1. The summed E-state index contributed by atoms with van der Waals surface area (Å²) in [5.74, 6) is 0. The monoisotopic (exact) mass is 335 g/mol. The standard InChI is InChI=1S/C17H18ClNS2/c1-17(2,15-8-5-9-20-15)11-19-10-14-16(18)12-6-3-4-7-13(12)21-14/h3-9,19H,10-11H2,1-2H3. The molecule has 0 atom stereocenters. The topological polar surface area (TPSA) is 12.0 Å². The molecule has 21 heavy (non-hydrogen) atoms. The summed E-state index contributed by atoms with van der Waals surface area (Å²) in [6.07, 6.45) is 0. The van der Waals surface area contributed by atoms with Crippen molar-refractivity contribution in [2.45, 2.75) is 25.8 Å². The van der Waals surface area contributed by atoms with Crippen LogP contribution in [-0.2, 0) is 12.0 Å². The van der Waals surface area contributed by atoms with Crippen molar-refractivity contribution in [3.05, 3.63) is 56.6 Å². The van der Waals surface area contributed by atoms with Gasteiger partial charge in [-0.3, -0.25) is 0 Å². The normalized spacial score (nSPS) is 12.1. The van der Waals surface area contributed by atoms with Crippen LogP contribution in [0.2, 0.25) is 5.02 Å². The summed E-state index contributed by atoms with van der Waals surface area (Å²) in [4.78, 5) is 2.64. The lowest BCUT2D eigenvalue weighted by Crippen LogP contribution is -2.31. The van der Waals surface area contributed by atoms with E-state index < -0.39 is 0 Å². The van der Waals surface area contributed by atoms with Crippen molar-refractivity contribution in [1.82, 2.24) is 5.32 Å². The first-order valence-electron chi connectivity index (χ1n) is 6.98. The summed E-state index contributed by atoms with van der Waals surface area (Å²) in [5, 5.41) is 7.77. The van der Waals surface area contributed by atoms with Gasteiger partial charge in [0.05, 0.1) is 5.02 Å². The SMILES string of the molecule is CC(C)(CNCc1sc2ccccc2c1Cl)c1cccs1. The van der Waals surface area contributed by atoms with Gasteiger partial charge in [-0.1, -0.05) is 49.7 Å². The number of thiophene rings is 2. The molecule has 2 aromatic heterocycles. The quantitative estimate of drug-likeness (QED) is 0.632. The van der Waals surface area contributed by atoms with Crippen LogP contribution in [-0.4, -0.2) is 6.54 Å². The molecule has 0 aliphatic heterocycles. The van der Waals surface area contributed by atoms with Crippen LogP contribution >= 0.6 is 34.3 Å². The van der Waals surface area contributed by atoms with Crippen LogP contribution in [0, 0.1) is 0 Å². The van der Waals surface area contributed by atoms with Gasteiger partial charge in [-0.15, -0.1) is 22.7 Å². The van der Waals surface area contributed by atoms with Crippen LogP contribution < -0.4 is 5.32 Å². The van der Waals surface area contributed by atoms with Crippen LogP contribution in [0.1, 0.15) is 23.6 Å². The molecule has 0 bridgehead atoms. The van der Waals surface area contributed by atoms with E-state index in [1.807, 2.05) is 17.4 Å². The van der Waals surface area contributed by atoms with E-state index in [4.69, 9.17) is 11.6 Å². The lowest BCUT2D eigenvalue weighted by molar-refractivity contribution is 0.478. The first-order chi connectivity index (χ1) is 10.1. The van der Waals surface area contributed by atoms with Crippen LogP contribution in [0.4, 0.5) is 0 Å². The van der Waals surface area contributed by atoms with E-state index in [-0.39, 0.29) is 5.41 Å². The van der Waals surface area contributed by atoms with Gasteiger partial charge in [-0.25, -0.2) is 0 Å². The molecule has 0 fully saturated rings. The molecule has 0 aliphatic rings. The number of halogens is 1. The molecule has 110 valence electrons. The van der Waals surface area contributed by atoms with Gasteiger partial charge in [-0.05, 0) is 17.5 Å². The molecule has 1 N–H and O–H groups in total. The summed E-state index contributed by atoms with van der Waals surface area (Å²) < 4.78 is 1.26. The van der Waals surface area contributed by atoms with Crippen molar-refractivity contribution in [2.24, 2.45) is 0 Å². The van der Waals surface area contributed by atoms with Crippen LogP contribution in [0.3, 0.4) is 0 Å². The fourth-order valence-corrected chi connectivity index (χ4v) is 4.74. The third-order valence-corrected chi connectivity index (χ3v) is 6.59. The Bertz CT molecular complexity index is 728. The van der Waals surface area contributed by atoms with Gasteiger partial charge < -0.3 is 5.32 Å². The number of fused-ring (bicyclic) bond motifs is 1. The first kappa shape index (κ1) is 15.0. The second-order valence-electron chi connectivity index (χ2n) is 5.80. The van der Waals surface area contributed by atoms with Crippen molar-refractivity contribution in [2.75, 3.05) is 6.54 Å². The Balaban J connectivity index is 1.68. The van der Waals surface area contributed by atoms with Crippen molar-refractivity contribution in [3.8, 4) is 0 Å². The van der Waals surface area contributed by atoms with Crippen LogP contribution in [0.15, 0.2) is 41.8 Å². The van der Waals surface area contributed by atoms with Crippen LogP contribution in [0.25, 0.3) is 10.1 Å². The van der Waals surface area contributed by atoms with E-state index in [1.165, 1.54) is 19.8 Å². The summed E-state index contributed by atoms with van der Waals surface area (Å²) in [7, 11) is 0. The number of hydrogen-bond acceptors (Lipinski definition) is 3. The van der Waals surface area contributed by atoms with E-state index in [0.29, 0.717) is 0 Å². The van der Waals surface area contributed by atoms with Gasteiger partial charge in [0.1, 0.15) is 0 Å². The fourth-order valence-electron chi connectivity index (χ4n) is 2.42. The van der Waals surface area contributed by atoms with Crippen molar-refractivity contribution in [1.29, 1.82) is 0 Å². The third kappa shape index (κ3) is 3.16. The van der Waals surface area contributed by atoms with Gasteiger partial charge in [0.15, 0.2) is 0 Å². The fraction of sp³-hybridized carbons (Fsp3) is 0.294. The molecule has 1 aromatic carbocycles. The van der Waals surface area contributed by atoms with Gasteiger partial charge in [-0.2, -0.15) is 0 Å². The molecular weight excluding hydrogens is 318 g/mol. The van der Waals surface area contributed by atoms with E-state index in [1.54, 1.807) is 11.3 Å². The molecule has 4 heteroatoms. The summed E-state index contributed by atoms with van der Waals surface area (Å²) in [6, 6.07) is 12.6. The summed E-state index contributed by atoms with van der Waals surface area (Å²) in [6.45, 7) is 6.32. The molecule has 0 saturated heterocycles. The highest BCUT2D eigenvalue weighted by Crippen LogP contribution is 2.35. The molecule has 2 heterocycles. The summed E-state index contributed by atoms with van der Waals surface area (Å²) in [5.41, 5.74) is 0.150. The molecule has 1 nitrogen and oxygen atoms in total. The minimum atomic E-state index is 0.150. The third-order valence-electron chi connectivity index (χ3n) is 3.64. The highest BCUT2D eigenvalue weighted by Gasteiger charge is 2.21. The Hall–Kier alpha value is -0.870. The Morgan fingerprint density at radius 3 is 2.67 bits per heavy atom. The zero-order valence-electron chi connectivity index (χ0n) is 12.2. The van der Waals surface area contributed by atoms with Gasteiger partial charge in [0.2, 0.25) is 0 Å². The minimum Gasteiger partial charge on any atom is -0.311 e. The lowest BCUT2D eigenvalue weighted by Gasteiger charge is -2.23. The lowest BCUT2D eigenvalue weighted by atomic mass is 9.91. The molecule has 0 radical (unpaired) electrons. The molecule has 3 aromatic rings. The average Bonchev–Trinajstić information content (AvgIpc) is 3.09. The molecule has 0 saturated carbocycles. The number of nitrogens with one attached hydrogen (secondary N) is 1. The predicted octanol–water partition coefficient (Wildman–Crippen LogP) is 5.68. The Labute approximate surface area is 138 Å². The van der Waals surface area contributed by atoms with E-state index in [9.17, 15) is 0 Å². The largest absolute Gasteiger partial charge is 0.311 e. The maximum atomic E-state index is 6.48. The van der Waals surface area contributed by atoms with Gasteiger partial charge in [0, 0.05) is 38.3 Å². The molecular formula is C17H18ClNS2. The zero-order chi connectivity index (χ0) is 14.9. The second-order valence-corrected chi connectivity index (χ2v) is 8.26. The van der Waals surface area contributed by atoms with Gasteiger partial charge >= 0.3 is 0 Å². The second kappa shape index (κ2) is 6.09. The Morgan fingerprint density at radius 1 is 1.14 bits per heavy atom. The highest BCUT2D eigenvalue weighted by atomic mass is 35.5. The zero-order valence-corrected chi connectivity index (χ0v) is 14.5. The van der Waals surface area contributed by atoms with E-state index >= 15 is 0 Å². The van der Waals surface area contributed by atoms with Crippen molar-refractivity contribution < 1.29 is 0 Å².